The molecule has 0 aliphatic heterocycles. The summed E-state index contributed by atoms with van der Waals surface area (Å²) in [7, 11) is 0. The number of halogens is 3. The first-order chi connectivity index (χ1) is 16.2. The number of rotatable bonds is 4. The Morgan fingerprint density at radius 2 is 1.71 bits per heavy atom. The predicted octanol–water partition coefficient (Wildman–Crippen LogP) is 6.18. The molecule has 34 heavy (non-hydrogen) atoms. The van der Waals surface area contributed by atoms with Crippen molar-refractivity contribution in [2.75, 3.05) is 5.73 Å². The lowest BCUT2D eigenvalue weighted by molar-refractivity contribution is -0.352. The second-order valence-corrected chi connectivity index (χ2v) is 8.63. The number of alkyl halides is 3. The molecule has 5 aromatic rings. The van der Waals surface area contributed by atoms with E-state index in [4.69, 9.17) is 10.2 Å². The van der Waals surface area contributed by atoms with Crippen LogP contribution in [-0.2, 0) is 6.18 Å². The summed E-state index contributed by atoms with van der Waals surface area (Å²) in [6.45, 7) is 0. The number of carbonyl (C=O) groups excluding carboxylic acids is 1. The number of anilines is 1. The van der Waals surface area contributed by atoms with E-state index in [-0.39, 0.29) is 10.6 Å². The van der Waals surface area contributed by atoms with E-state index in [0.29, 0.717) is 38.5 Å². The number of aromatic nitrogens is 1. The highest BCUT2D eigenvalue weighted by molar-refractivity contribution is 7.21. The maximum atomic E-state index is 13.6. The van der Waals surface area contributed by atoms with Gasteiger partial charge in [0, 0.05) is 21.2 Å². The van der Waals surface area contributed by atoms with Gasteiger partial charge in [0.15, 0.2) is 6.26 Å². The zero-order valence-corrected chi connectivity index (χ0v) is 18.1. The Hall–Kier alpha value is -4.11. The number of fused-ring (bicyclic) bond motifs is 1. The minimum Gasteiger partial charge on any atom is -0.508 e. The monoisotopic (exact) mass is 481 g/mol. The molecule has 0 amide bonds. The number of ketones is 1. The summed E-state index contributed by atoms with van der Waals surface area (Å²) in [4.78, 5) is 16.5. The van der Waals surface area contributed by atoms with Gasteiger partial charge in [-0.15, -0.1) is 11.3 Å². The highest BCUT2D eigenvalue weighted by atomic mass is 32.1. The van der Waals surface area contributed by atoms with E-state index in [0.717, 1.165) is 17.4 Å². The molecular formula is C25H16F3N2O3S+. The molecule has 0 bridgehead atoms. The molecule has 3 aromatic carbocycles. The summed E-state index contributed by atoms with van der Waals surface area (Å²) < 4.78 is 46.8. The van der Waals surface area contributed by atoms with Crippen molar-refractivity contribution in [2.24, 2.45) is 0 Å². The molecule has 0 aliphatic carbocycles. The van der Waals surface area contributed by atoms with Gasteiger partial charge in [-0.25, -0.2) is 4.98 Å². The van der Waals surface area contributed by atoms with Crippen molar-refractivity contribution in [3.63, 3.8) is 0 Å². The Labute approximate surface area is 194 Å². The Balaban J connectivity index is 1.68. The summed E-state index contributed by atoms with van der Waals surface area (Å²) in [6.07, 6.45) is -3.30. The number of thiophene rings is 1. The number of aromatic hydroxyl groups is 1. The minimum atomic E-state index is -4.68. The van der Waals surface area contributed by atoms with Crippen LogP contribution in [0.25, 0.3) is 32.7 Å². The lowest BCUT2D eigenvalue weighted by Crippen LogP contribution is -2.13. The van der Waals surface area contributed by atoms with E-state index < -0.39 is 23.1 Å². The zero-order chi connectivity index (χ0) is 24.0. The van der Waals surface area contributed by atoms with Crippen LogP contribution >= 0.6 is 11.3 Å². The van der Waals surface area contributed by atoms with Crippen LogP contribution in [0.4, 0.5) is 19.0 Å². The molecule has 9 heteroatoms. The molecule has 4 N–H and O–H groups in total. The Morgan fingerprint density at radius 3 is 2.38 bits per heavy atom. The number of H-pyrrole nitrogens is 1. The van der Waals surface area contributed by atoms with Crippen LogP contribution in [0.15, 0.2) is 77.4 Å². The molecule has 0 unspecified atom stereocenters. The first-order valence-electron chi connectivity index (χ1n) is 10.1. The molecule has 170 valence electrons. The Kier molecular flexibility index (Phi) is 5.13. The quantitative estimate of drug-likeness (QED) is 0.300. The molecule has 0 fully saturated rings. The summed E-state index contributed by atoms with van der Waals surface area (Å²) in [5, 5.41) is 10.6. The van der Waals surface area contributed by atoms with Crippen LogP contribution in [-0.4, -0.2) is 10.9 Å². The molecule has 2 heterocycles. The van der Waals surface area contributed by atoms with Crippen molar-refractivity contribution in [1.82, 2.24) is 0 Å². The molecular weight excluding hydrogens is 465 g/mol. The van der Waals surface area contributed by atoms with Crippen LogP contribution in [0, 0.1) is 0 Å². The number of nitrogens with two attached hydrogens (primary N) is 1. The van der Waals surface area contributed by atoms with Crippen molar-refractivity contribution in [2.45, 2.75) is 6.18 Å². The molecule has 0 spiro atoms. The van der Waals surface area contributed by atoms with Crippen molar-refractivity contribution >= 4 is 33.0 Å². The Bertz CT molecular complexity index is 1540. The number of oxazole rings is 1. The highest BCUT2D eigenvalue weighted by Crippen LogP contribution is 2.43. The minimum absolute atomic E-state index is 0.00344. The second-order valence-electron chi connectivity index (χ2n) is 7.58. The number of benzene rings is 3. The number of phenolic OH excluding ortho intramolecular Hbond substituents is 1. The zero-order valence-electron chi connectivity index (χ0n) is 17.3. The number of phenols is 1. The van der Waals surface area contributed by atoms with Crippen LogP contribution in [0.3, 0.4) is 0 Å². The fraction of sp³-hybridized carbons (Fsp3) is 0.0400. The van der Waals surface area contributed by atoms with Crippen molar-refractivity contribution in [3.8, 4) is 28.3 Å². The van der Waals surface area contributed by atoms with Crippen molar-refractivity contribution < 1.29 is 32.5 Å². The van der Waals surface area contributed by atoms with Gasteiger partial charge in [0.1, 0.15) is 5.75 Å². The topological polar surface area (TPSA) is 90.6 Å². The summed E-state index contributed by atoms with van der Waals surface area (Å²) in [5.74, 6) is 0.0644. The molecule has 2 aromatic heterocycles. The lowest BCUT2D eigenvalue weighted by atomic mass is 9.95. The molecule has 5 rings (SSSR count). The van der Waals surface area contributed by atoms with Crippen LogP contribution < -0.4 is 10.7 Å². The van der Waals surface area contributed by atoms with E-state index in [2.05, 4.69) is 4.98 Å². The third-order valence-electron chi connectivity index (χ3n) is 5.35. The lowest BCUT2D eigenvalue weighted by Gasteiger charge is -2.12. The van der Waals surface area contributed by atoms with Gasteiger partial charge >= 0.3 is 12.0 Å². The maximum Gasteiger partial charge on any atom is 0.417 e. The third-order valence-corrected chi connectivity index (χ3v) is 6.51. The summed E-state index contributed by atoms with van der Waals surface area (Å²) in [6, 6.07) is 16.4. The van der Waals surface area contributed by atoms with Gasteiger partial charge < -0.3 is 9.52 Å². The van der Waals surface area contributed by atoms with E-state index >= 15 is 0 Å². The van der Waals surface area contributed by atoms with Gasteiger partial charge in [-0.3, -0.25) is 10.5 Å². The van der Waals surface area contributed by atoms with Gasteiger partial charge in [0.05, 0.1) is 16.0 Å². The normalized spacial score (nSPS) is 11.7. The number of carbonyl (C=O) groups is 1. The number of hydrogen-bond acceptors (Lipinski definition) is 5. The van der Waals surface area contributed by atoms with Gasteiger partial charge in [-0.05, 0) is 42.0 Å². The fourth-order valence-electron chi connectivity index (χ4n) is 3.82. The Morgan fingerprint density at radius 1 is 1.00 bits per heavy atom. The van der Waals surface area contributed by atoms with Gasteiger partial charge in [-0.2, -0.15) is 13.2 Å². The molecule has 0 radical (unpaired) electrons. The van der Waals surface area contributed by atoms with Crippen LogP contribution in [0.2, 0.25) is 0 Å². The van der Waals surface area contributed by atoms with Crippen LogP contribution in [0.1, 0.15) is 20.8 Å². The predicted molar refractivity (Wildman–Crippen MR) is 122 cm³/mol. The molecule has 0 aliphatic rings. The summed E-state index contributed by atoms with van der Waals surface area (Å²) in [5.41, 5.74) is 6.07. The molecule has 0 saturated heterocycles. The first kappa shape index (κ1) is 21.7. The van der Waals surface area contributed by atoms with Gasteiger partial charge in [0.2, 0.25) is 5.78 Å². The van der Waals surface area contributed by atoms with Crippen molar-refractivity contribution in [3.05, 3.63) is 89.0 Å². The standard InChI is InChI=1S/C25H15F3N2O3S/c26-25(27,28)18-4-2-1-3-16(18)22(32)23-21(17-10-9-15(31)11-19(17)34-23)13-5-7-14(8-6-13)24-30-20(29)12-33-24/h1-12,31H,29H2/p+1. The summed E-state index contributed by atoms with van der Waals surface area (Å²) >= 11 is 1.04. The number of aromatic amines is 1. The largest absolute Gasteiger partial charge is 0.508 e. The number of nitrogens with one attached hydrogen (secondary N) is 1. The highest BCUT2D eigenvalue weighted by Gasteiger charge is 2.36. The van der Waals surface area contributed by atoms with E-state index in [1.165, 1.54) is 36.6 Å². The average Bonchev–Trinajstić information content (AvgIpc) is 3.41. The van der Waals surface area contributed by atoms with E-state index in [1.54, 1.807) is 30.3 Å². The van der Waals surface area contributed by atoms with Gasteiger partial charge in [0.25, 0.3) is 5.89 Å². The van der Waals surface area contributed by atoms with E-state index in [9.17, 15) is 23.1 Å². The first-order valence-corrected chi connectivity index (χ1v) is 10.9. The van der Waals surface area contributed by atoms with Crippen LogP contribution in [0.5, 0.6) is 5.75 Å². The van der Waals surface area contributed by atoms with Crippen molar-refractivity contribution in [1.29, 1.82) is 0 Å². The van der Waals surface area contributed by atoms with E-state index in [1.807, 2.05) is 0 Å². The molecule has 0 atom stereocenters. The third kappa shape index (κ3) is 3.80. The second kappa shape index (κ2) is 8.03. The molecule has 0 saturated carbocycles. The van der Waals surface area contributed by atoms with Gasteiger partial charge in [-0.1, -0.05) is 30.3 Å². The average molecular weight is 481 g/mol. The number of hydrogen-bond donors (Lipinski definition) is 2. The smallest absolute Gasteiger partial charge is 0.417 e. The fourth-order valence-corrected chi connectivity index (χ4v) is 5.04. The molecule has 5 nitrogen and oxygen atoms in total. The maximum absolute atomic E-state index is 13.6. The number of nitrogen functional groups attached to an aromatic ring is 1. The SMILES string of the molecule is Nc1coc(-c2ccc(-c3c(C(=O)c4ccccc4C(F)(F)F)sc4cc(O)ccc34)cc2)[nH+]1.